The number of methoxy groups -OCH3 is 1. The van der Waals surface area contributed by atoms with Gasteiger partial charge in [0.05, 0.1) is 7.11 Å². The maximum absolute atomic E-state index is 6.31. The zero-order valence-electron chi connectivity index (χ0n) is 17.9. The van der Waals surface area contributed by atoms with Crippen molar-refractivity contribution in [1.29, 1.82) is 0 Å². The average molecular weight is 406 g/mol. The Morgan fingerprint density at radius 1 is 0.774 bits per heavy atom. The maximum atomic E-state index is 6.31. The van der Waals surface area contributed by atoms with Crippen molar-refractivity contribution in [2.24, 2.45) is 5.73 Å². The van der Waals surface area contributed by atoms with Gasteiger partial charge < -0.3 is 10.5 Å². The second-order valence-corrected chi connectivity index (χ2v) is 8.21. The van der Waals surface area contributed by atoms with E-state index in [1.54, 1.807) is 7.11 Å². The van der Waals surface area contributed by atoms with Crippen molar-refractivity contribution in [1.82, 2.24) is 0 Å². The molecule has 3 aromatic rings. The summed E-state index contributed by atoms with van der Waals surface area (Å²) in [7, 11) is 1.71. The lowest BCUT2D eigenvalue weighted by atomic mass is 9.82. The lowest BCUT2D eigenvalue weighted by molar-refractivity contribution is 0.415. The van der Waals surface area contributed by atoms with Crippen molar-refractivity contribution in [2.45, 2.75) is 25.7 Å². The number of rotatable bonds is 3. The molecule has 0 radical (unpaired) electrons. The van der Waals surface area contributed by atoms with Gasteiger partial charge in [-0.15, -0.1) is 0 Å². The highest BCUT2D eigenvalue weighted by atomic mass is 16.5. The molecule has 5 rings (SSSR count). The van der Waals surface area contributed by atoms with Gasteiger partial charge in [-0.3, -0.25) is 0 Å². The first-order valence-corrected chi connectivity index (χ1v) is 11.0. The van der Waals surface area contributed by atoms with Crippen molar-refractivity contribution < 1.29 is 4.74 Å². The topological polar surface area (TPSA) is 35.2 Å². The Morgan fingerprint density at radius 2 is 1.39 bits per heavy atom. The molecule has 2 heteroatoms. The van der Waals surface area contributed by atoms with E-state index in [1.165, 1.54) is 44.5 Å². The Hall–Kier alpha value is -3.52. The zero-order chi connectivity index (χ0) is 21.2. The summed E-state index contributed by atoms with van der Waals surface area (Å²) in [6.07, 6.45) is 8.47. The van der Waals surface area contributed by atoms with Crippen LogP contribution in [0.3, 0.4) is 0 Å². The third kappa shape index (κ3) is 3.70. The molecule has 0 spiro atoms. The fourth-order valence-electron chi connectivity index (χ4n) is 4.76. The Bertz CT molecular complexity index is 1160. The minimum Gasteiger partial charge on any atom is -0.497 e. The number of nitrogens with two attached hydrogens (primary N) is 1. The highest BCUT2D eigenvalue weighted by Gasteiger charge is 2.24. The second kappa shape index (κ2) is 8.31. The van der Waals surface area contributed by atoms with Gasteiger partial charge in [0.15, 0.2) is 0 Å². The van der Waals surface area contributed by atoms with Crippen LogP contribution >= 0.6 is 0 Å². The third-order valence-electron chi connectivity index (χ3n) is 6.29. The standard InChI is InChI=1S/C29H27NO/c1-31-25-17-15-22(16-18-25)28(23-9-6-10-24(30)19-23)29-26-11-4-2-7-20(26)13-14-21-8-3-5-12-27(21)29/h2-5,7-9,11-12,15-19H,6,10,13-14,30H2,1H3. The van der Waals surface area contributed by atoms with Crippen molar-refractivity contribution in [2.75, 3.05) is 7.11 Å². The fourth-order valence-corrected chi connectivity index (χ4v) is 4.76. The lowest BCUT2D eigenvalue weighted by Gasteiger charge is -2.22. The van der Waals surface area contributed by atoms with Crippen molar-refractivity contribution >= 4 is 11.1 Å². The molecule has 0 saturated carbocycles. The Morgan fingerprint density at radius 3 is 1.97 bits per heavy atom. The van der Waals surface area contributed by atoms with Gasteiger partial charge in [0.2, 0.25) is 0 Å². The average Bonchev–Trinajstić information content (AvgIpc) is 2.97. The normalized spacial score (nSPS) is 15.2. The number of hydrogen-bond acceptors (Lipinski definition) is 2. The van der Waals surface area contributed by atoms with Crippen LogP contribution in [-0.4, -0.2) is 7.11 Å². The molecule has 0 amide bonds. The molecule has 3 aromatic carbocycles. The third-order valence-corrected chi connectivity index (χ3v) is 6.29. The van der Waals surface area contributed by atoms with Crippen LogP contribution in [0.5, 0.6) is 5.75 Å². The van der Waals surface area contributed by atoms with E-state index in [9.17, 15) is 0 Å². The minimum absolute atomic E-state index is 0.863. The summed E-state index contributed by atoms with van der Waals surface area (Å²) >= 11 is 0. The summed E-state index contributed by atoms with van der Waals surface area (Å²) in [4.78, 5) is 0. The zero-order valence-corrected chi connectivity index (χ0v) is 17.9. The van der Waals surface area contributed by atoms with E-state index in [1.807, 2.05) is 12.1 Å². The number of aryl methyl sites for hydroxylation is 2. The first-order chi connectivity index (χ1) is 15.2. The van der Waals surface area contributed by atoms with Crippen molar-refractivity contribution in [3.63, 3.8) is 0 Å². The SMILES string of the molecule is COc1ccc(C(C2=CCCC(N)=C2)=C2c3ccccc3CCc3ccccc32)cc1. The quantitative estimate of drug-likeness (QED) is 0.554. The second-order valence-electron chi connectivity index (χ2n) is 8.21. The van der Waals surface area contributed by atoms with Crippen LogP contribution in [-0.2, 0) is 12.8 Å². The molecule has 0 bridgehead atoms. The van der Waals surface area contributed by atoms with Crippen LogP contribution in [0.2, 0.25) is 0 Å². The highest BCUT2D eigenvalue weighted by molar-refractivity contribution is 6.06. The summed E-state index contributed by atoms with van der Waals surface area (Å²) in [5, 5.41) is 0. The molecule has 2 nitrogen and oxygen atoms in total. The van der Waals surface area contributed by atoms with Gasteiger partial charge in [0, 0.05) is 5.70 Å². The number of allylic oxidation sites excluding steroid dienone is 5. The molecular formula is C29H27NO. The van der Waals surface area contributed by atoms with Gasteiger partial charge >= 0.3 is 0 Å². The molecule has 0 atom stereocenters. The van der Waals surface area contributed by atoms with E-state index in [4.69, 9.17) is 10.5 Å². The summed E-state index contributed by atoms with van der Waals surface area (Å²) in [5.74, 6) is 0.863. The first-order valence-electron chi connectivity index (χ1n) is 11.0. The molecule has 0 fully saturated rings. The van der Waals surface area contributed by atoms with Gasteiger partial charge in [-0.1, -0.05) is 66.7 Å². The monoisotopic (exact) mass is 405 g/mol. The summed E-state index contributed by atoms with van der Waals surface area (Å²) in [6.45, 7) is 0. The highest BCUT2D eigenvalue weighted by Crippen LogP contribution is 2.43. The summed E-state index contributed by atoms with van der Waals surface area (Å²) in [6, 6.07) is 26.1. The lowest BCUT2D eigenvalue weighted by Crippen LogP contribution is -2.05. The molecule has 0 heterocycles. The molecule has 0 unspecified atom stereocenters. The van der Waals surface area contributed by atoms with Crippen LogP contribution in [0.1, 0.15) is 40.7 Å². The van der Waals surface area contributed by atoms with E-state index >= 15 is 0 Å². The molecular weight excluding hydrogens is 378 g/mol. The largest absolute Gasteiger partial charge is 0.497 e. The molecule has 0 aliphatic heterocycles. The number of ether oxygens (including phenoxy) is 1. The van der Waals surface area contributed by atoms with Crippen LogP contribution in [0, 0.1) is 0 Å². The molecule has 154 valence electrons. The molecule has 2 N–H and O–H groups in total. The predicted molar refractivity (Wildman–Crippen MR) is 129 cm³/mol. The molecule has 0 saturated heterocycles. The first kappa shape index (κ1) is 19.4. The Labute approximate surface area is 184 Å². The van der Waals surface area contributed by atoms with Crippen LogP contribution in [0.15, 0.2) is 96.2 Å². The van der Waals surface area contributed by atoms with Gasteiger partial charge in [-0.2, -0.15) is 0 Å². The van der Waals surface area contributed by atoms with Crippen molar-refractivity contribution in [3.8, 4) is 5.75 Å². The number of fused-ring (bicyclic) bond motifs is 2. The number of hydrogen-bond donors (Lipinski definition) is 1. The Kier molecular flexibility index (Phi) is 5.21. The van der Waals surface area contributed by atoms with E-state index < -0.39 is 0 Å². The predicted octanol–water partition coefficient (Wildman–Crippen LogP) is 6.32. The smallest absolute Gasteiger partial charge is 0.118 e. The van der Waals surface area contributed by atoms with Gasteiger partial charge in [0.25, 0.3) is 0 Å². The van der Waals surface area contributed by atoms with Gasteiger partial charge in [-0.05, 0) is 88.4 Å². The molecule has 31 heavy (non-hydrogen) atoms. The minimum atomic E-state index is 0.863. The molecule has 2 aliphatic rings. The van der Waals surface area contributed by atoms with Gasteiger partial charge in [0.1, 0.15) is 5.75 Å². The van der Waals surface area contributed by atoms with E-state index in [2.05, 4.69) is 72.8 Å². The van der Waals surface area contributed by atoms with Crippen LogP contribution in [0.25, 0.3) is 11.1 Å². The molecule has 2 aliphatic carbocycles. The molecule has 0 aromatic heterocycles. The summed E-state index contributed by atoms with van der Waals surface area (Å²) in [5.41, 5.74) is 17.6. The summed E-state index contributed by atoms with van der Waals surface area (Å²) < 4.78 is 5.43. The van der Waals surface area contributed by atoms with Crippen LogP contribution < -0.4 is 10.5 Å². The van der Waals surface area contributed by atoms with E-state index in [0.29, 0.717) is 0 Å². The van der Waals surface area contributed by atoms with E-state index in [0.717, 1.165) is 37.1 Å². The van der Waals surface area contributed by atoms with Crippen LogP contribution in [0.4, 0.5) is 0 Å². The maximum Gasteiger partial charge on any atom is 0.118 e. The Balaban J connectivity index is 1.87. The van der Waals surface area contributed by atoms with E-state index in [-0.39, 0.29) is 0 Å². The fraction of sp³-hybridized carbons (Fsp3) is 0.172. The number of benzene rings is 3. The van der Waals surface area contributed by atoms with Crippen molar-refractivity contribution in [3.05, 3.63) is 124 Å². The van der Waals surface area contributed by atoms with Gasteiger partial charge in [-0.25, -0.2) is 0 Å².